The van der Waals surface area contributed by atoms with Crippen LogP contribution < -0.4 is 10.6 Å². The molecular weight excluding hydrogens is 673 g/mol. The Morgan fingerprint density at radius 1 is 0.980 bits per heavy atom. The Hall–Kier alpha value is -5.31. The fraction of sp³-hybridized carbons (Fsp3) is 0.257. The molecule has 1 aliphatic carbocycles. The maximum absolute atomic E-state index is 15.3. The number of alkyl halides is 5. The number of benzene rings is 3. The number of carbonyl (C=O) groups is 2. The third kappa shape index (κ3) is 7.04. The van der Waals surface area contributed by atoms with Gasteiger partial charge in [0.05, 0.1) is 17.2 Å². The number of carbonyl (C=O) groups excluding carboxylic acids is 2. The van der Waals surface area contributed by atoms with E-state index in [1.165, 1.54) is 55.8 Å². The van der Waals surface area contributed by atoms with Crippen LogP contribution in [0.3, 0.4) is 0 Å². The Morgan fingerprint density at radius 3 is 2.30 bits per heavy atom. The summed E-state index contributed by atoms with van der Waals surface area (Å²) in [7, 11) is 1.37. The van der Waals surface area contributed by atoms with Crippen molar-refractivity contribution < 1.29 is 49.5 Å². The van der Waals surface area contributed by atoms with Gasteiger partial charge in [-0.1, -0.05) is 6.07 Å². The molecule has 260 valence electrons. The molecule has 6 rings (SSSR count). The molecule has 0 bridgehead atoms. The second-order valence-corrected chi connectivity index (χ2v) is 11.7. The molecule has 3 aromatic carbocycles. The fourth-order valence-corrected chi connectivity index (χ4v) is 6.09. The van der Waals surface area contributed by atoms with Gasteiger partial charge in [0.15, 0.2) is 5.82 Å². The highest BCUT2D eigenvalue weighted by Gasteiger charge is 2.51. The van der Waals surface area contributed by atoms with Crippen molar-refractivity contribution in [3.8, 4) is 22.5 Å². The third-order valence-corrected chi connectivity index (χ3v) is 8.47. The van der Waals surface area contributed by atoms with Crippen molar-refractivity contribution in [3.05, 3.63) is 107 Å². The molecule has 0 spiro atoms. The summed E-state index contributed by atoms with van der Waals surface area (Å²) in [4.78, 5) is 35.1. The first-order valence-electron chi connectivity index (χ1n) is 15.2. The van der Waals surface area contributed by atoms with E-state index in [1.54, 1.807) is 0 Å². The number of ether oxygens (including phenoxy) is 1. The monoisotopic (exact) mass is 700 g/mol. The number of rotatable bonds is 10. The Kier molecular flexibility index (Phi) is 9.35. The van der Waals surface area contributed by atoms with Gasteiger partial charge >= 0.3 is 12.8 Å². The molecule has 1 aliphatic rings. The van der Waals surface area contributed by atoms with Gasteiger partial charge in [-0.2, -0.15) is 22.0 Å². The Balaban J connectivity index is 1.44. The van der Waals surface area contributed by atoms with Gasteiger partial charge in [0, 0.05) is 49.7 Å². The molecule has 5 aromatic rings. The van der Waals surface area contributed by atoms with Gasteiger partial charge in [-0.25, -0.2) is 18.7 Å². The lowest BCUT2D eigenvalue weighted by molar-refractivity contribution is -0.198. The predicted octanol–water partition coefficient (Wildman–Crippen LogP) is 7.72. The zero-order chi connectivity index (χ0) is 35.8. The molecule has 2 N–H and O–H groups in total. The number of hydrogen-bond donors (Lipinski definition) is 2. The highest BCUT2D eigenvalue weighted by Crippen LogP contribution is 2.43. The molecule has 1 saturated carbocycles. The molecule has 0 aliphatic heterocycles. The van der Waals surface area contributed by atoms with E-state index in [0.717, 1.165) is 24.3 Å². The summed E-state index contributed by atoms with van der Waals surface area (Å²) in [5.74, 6) is -2.93. The maximum atomic E-state index is 15.3. The first-order valence-corrected chi connectivity index (χ1v) is 15.2. The number of nitrogens with one attached hydrogen (secondary N) is 2. The number of hydrogen-bond acceptors (Lipinski definition) is 6. The van der Waals surface area contributed by atoms with Crippen molar-refractivity contribution in [2.45, 2.75) is 50.1 Å². The van der Waals surface area contributed by atoms with Crippen LogP contribution in [-0.4, -0.2) is 47.7 Å². The van der Waals surface area contributed by atoms with E-state index >= 15 is 4.39 Å². The van der Waals surface area contributed by atoms with Crippen molar-refractivity contribution >= 4 is 22.8 Å². The van der Waals surface area contributed by atoms with Gasteiger partial charge in [-0.15, -0.1) is 0 Å². The van der Waals surface area contributed by atoms with Crippen LogP contribution in [0.1, 0.15) is 51.4 Å². The van der Waals surface area contributed by atoms with Crippen LogP contribution in [-0.2, 0) is 16.7 Å². The van der Waals surface area contributed by atoms with Crippen molar-refractivity contribution in [1.29, 1.82) is 0 Å². The molecule has 8 nitrogen and oxygen atoms in total. The second kappa shape index (κ2) is 13.5. The molecule has 50 heavy (non-hydrogen) atoms. The molecule has 2 heterocycles. The van der Waals surface area contributed by atoms with Crippen molar-refractivity contribution in [2.75, 3.05) is 7.05 Å². The van der Waals surface area contributed by atoms with Gasteiger partial charge in [-0.05, 0) is 77.7 Å². The SMILES string of the molecule is CNC(=O)c1c(-c2ccc(F)cc2)oc2cc(CCC(F)(F)F)c(-c3ccc(F)c(C(=O)NC4(c5ncccn5)CC(OC(F)F)C4)c3)cc12. The molecule has 15 heteroatoms. The Bertz CT molecular complexity index is 2040. The first-order chi connectivity index (χ1) is 23.8. The normalized spacial score (nSPS) is 17.5. The largest absolute Gasteiger partial charge is 0.455 e. The van der Waals surface area contributed by atoms with Gasteiger partial charge in [0.2, 0.25) is 0 Å². The van der Waals surface area contributed by atoms with E-state index in [1.807, 2.05) is 0 Å². The maximum Gasteiger partial charge on any atom is 0.389 e. The summed E-state index contributed by atoms with van der Waals surface area (Å²) < 4.78 is 106. The van der Waals surface area contributed by atoms with Crippen molar-refractivity contribution in [3.63, 3.8) is 0 Å². The van der Waals surface area contributed by atoms with Crippen LogP contribution in [0.2, 0.25) is 0 Å². The van der Waals surface area contributed by atoms with E-state index in [0.29, 0.717) is 5.56 Å². The molecule has 0 radical (unpaired) electrons. The first kappa shape index (κ1) is 34.5. The lowest BCUT2D eigenvalue weighted by atomic mass is 9.73. The number of furan rings is 1. The van der Waals surface area contributed by atoms with Gasteiger partial charge in [0.25, 0.3) is 11.8 Å². The highest BCUT2D eigenvalue weighted by atomic mass is 19.4. The minimum absolute atomic E-state index is 0.0214. The summed E-state index contributed by atoms with van der Waals surface area (Å²) in [5.41, 5.74) is -1.03. The molecule has 2 amide bonds. The lowest BCUT2D eigenvalue weighted by Crippen LogP contribution is -2.58. The zero-order valence-corrected chi connectivity index (χ0v) is 26.1. The van der Waals surface area contributed by atoms with Crippen LogP contribution in [0.15, 0.2) is 77.5 Å². The average molecular weight is 701 g/mol. The van der Waals surface area contributed by atoms with E-state index < -0.39 is 66.3 Å². The Labute approximate surface area is 279 Å². The predicted molar refractivity (Wildman–Crippen MR) is 166 cm³/mol. The van der Waals surface area contributed by atoms with E-state index in [4.69, 9.17) is 4.42 Å². The number of fused-ring (bicyclic) bond motifs is 1. The summed E-state index contributed by atoms with van der Waals surface area (Å²) in [6, 6.07) is 12.8. The molecule has 2 aromatic heterocycles. The van der Waals surface area contributed by atoms with Crippen LogP contribution in [0.4, 0.5) is 30.7 Å². The van der Waals surface area contributed by atoms with Gasteiger partial charge < -0.3 is 19.8 Å². The smallest absolute Gasteiger partial charge is 0.389 e. The molecule has 1 fully saturated rings. The standard InChI is InChI=1S/C35H27F7N4O4/c1-43-31(48)28-25-15-23(20(9-10-35(40,41)42)14-27(25)50-29(28)18-3-6-21(36)7-4-18)19-5-8-26(37)24(13-19)30(47)46-34(32-44-11-2-12-45-32)16-22(17-34)49-33(38)39/h2-8,11-15,22,33H,9-10,16-17H2,1H3,(H,43,48)(H,46,47). The summed E-state index contributed by atoms with van der Waals surface area (Å²) >= 11 is 0. The number of halogens is 7. The second-order valence-electron chi connectivity index (χ2n) is 11.7. The number of aryl methyl sites for hydroxylation is 1. The van der Waals surface area contributed by atoms with Gasteiger partial charge in [0.1, 0.15) is 28.5 Å². The molecule has 0 atom stereocenters. The van der Waals surface area contributed by atoms with E-state index in [9.17, 15) is 35.9 Å². The number of nitrogens with zero attached hydrogens (tertiary/aromatic N) is 2. The van der Waals surface area contributed by atoms with E-state index in [-0.39, 0.29) is 57.6 Å². The van der Waals surface area contributed by atoms with Crippen molar-refractivity contribution in [1.82, 2.24) is 20.6 Å². The topological polar surface area (TPSA) is 106 Å². The van der Waals surface area contributed by atoms with Crippen LogP contribution >= 0.6 is 0 Å². The highest BCUT2D eigenvalue weighted by molar-refractivity contribution is 6.12. The minimum atomic E-state index is -4.54. The van der Waals surface area contributed by atoms with Gasteiger partial charge in [-0.3, -0.25) is 9.59 Å². The van der Waals surface area contributed by atoms with E-state index in [2.05, 4.69) is 25.3 Å². The third-order valence-electron chi connectivity index (χ3n) is 8.47. The number of aromatic nitrogens is 2. The minimum Gasteiger partial charge on any atom is -0.455 e. The molecule has 0 saturated heterocycles. The number of amides is 2. The summed E-state index contributed by atoms with van der Waals surface area (Å²) in [6.45, 7) is -3.06. The quantitative estimate of drug-likeness (QED) is 0.145. The van der Waals surface area contributed by atoms with Crippen LogP contribution in [0.5, 0.6) is 0 Å². The lowest BCUT2D eigenvalue weighted by Gasteiger charge is -2.46. The average Bonchev–Trinajstić information content (AvgIpc) is 3.44. The molecular formula is C35H27F7N4O4. The summed E-state index contributed by atoms with van der Waals surface area (Å²) in [5, 5.41) is 5.36. The van der Waals surface area contributed by atoms with Crippen LogP contribution in [0.25, 0.3) is 33.4 Å². The summed E-state index contributed by atoms with van der Waals surface area (Å²) in [6.07, 6.45) is -4.73. The Morgan fingerprint density at radius 2 is 1.66 bits per heavy atom. The van der Waals surface area contributed by atoms with Crippen LogP contribution in [0, 0.1) is 11.6 Å². The molecule has 0 unspecified atom stereocenters. The zero-order valence-electron chi connectivity index (χ0n) is 26.1. The van der Waals surface area contributed by atoms with Crippen molar-refractivity contribution in [2.24, 2.45) is 0 Å². The fourth-order valence-electron chi connectivity index (χ4n) is 6.09.